The summed E-state index contributed by atoms with van der Waals surface area (Å²) < 4.78 is 198. The number of nitrogens with one attached hydrogen (secondary N) is 4. The van der Waals surface area contributed by atoms with Crippen molar-refractivity contribution in [1.29, 1.82) is 0 Å². The van der Waals surface area contributed by atoms with Gasteiger partial charge in [-0.2, -0.15) is 13.2 Å². The van der Waals surface area contributed by atoms with E-state index in [0.29, 0.717) is 121 Å². The number of H-pyrrole nitrogens is 4. The Morgan fingerprint density at radius 1 is 0.459 bits per heavy atom. The summed E-state index contributed by atoms with van der Waals surface area (Å²) in [6.45, 7) is 7.24. The van der Waals surface area contributed by atoms with E-state index in [4.69, 9.17) is 49.6 Å². The van der Waals surface area contributed by atoms with Gasteiger partial charge in [-0.25, -0.2) is 19.9 Å². The smallest absolute Gasteiger partial charge is 0.430 e. The number of aromatic amines is 4. The van der Waals surface area contributed by atoms with E-state index >= 15 is 0 Å². The van der Waals surface area contributed by atoms with Gasteiger partial charge in [-0.05, 0) is 269 Å². The molecule has 8 heterocycles. The van der Waals surface area contributed by atoms with Crippen LogP contribution in [0.15, 0.2) is 170 Å². The molecule has 4 aliphatic rings. The van der Waals surface area contributed by atoms with Gasteiger partial charge in [0.15, 0.2) is 1.41 Å². The molecule has 8 aromatic heterocycles. The number of fused-ring (bicyclic) bond motifs is 8. The molecule has 111 heavy (non-hydrogen) atoms. The van der Waals surface area contributed by atoms with Crippen molar-refractivity contribution in [3.8, 4) is 0 Å². The predicted molar refractivity (Wildman–Crippen MR) is 429 cm³/mol. The van der Waals surface area contributed by atoms with E-state index in [9.17, 15) is 13.2 Å². The number of benzene rings is 4. The molecular weight excluding hydrogens is 1400 g/mol. The number of aryl methyl sites for hydroxylation is 4. The summed E-state index contributed by atoms with van der Waals surface area (Å²) >= 11 is 0. The first-order chi connectivity index (χ1) is 63.1. The van der Waals surface area contributed by atoms with Crippen LogP contribution in [0.4, 0.5) is 13.2 Å². The largest absolute Gasteiger partial charge is 0.542 e. The third kappa shape index (κ3) is 22.3. The highest BCUT2D eigenvalue weighted by Gasteiger charge is 2.33. The molecule has 4 atom stereocenters. The van der Waals surface area contributed by atoms with Gasteiger partial charge in [0, 0.05) is 24.8 Å². The molecular formula is C86H109F3N20O2. The number of aromatic nitrogens is 12. The van der Waals surface area contributed by atoms with Crippen LogP contribution in [0.2, 0.25) is 7.06 Å². The molecule has 25 heteroatoms. The zero-order valence-corrected chi connectivity index (χ0v) is 62.3. The first-order valence-electron chi connectivity index (χ1n) is 48.7. The minimum Gasteiger partial charge on any atom is -0.542 e. The van der Waals surface area contributed by atoms with Crippen LogP contribution in [-0.2, 0) is 56.7 Å². The molecule has 16 rings (SSSR count). The number of imidazole rings is 4. The minimum atomic E-state index is -5.19. The molecule has 0 fully saturated rings. The lowest BCUT2D eigenvalue weighted by molar-refractivity contribution is -0.368. The van der Waals surface area contributed by atoms with Crippen molar-refractivity contribution >= 4 is 50.1 Å². The predicted octanol–water partition coefficient (Wildman–Crippen LogP) is 12.9. The molecule has 0 spiro atoms. The van der Waals surface area contributed by atoms with Crippen LogP contribution < -0.4 is 28.0 Å². The highest BCUT2D eigenvalue weighted by Crippen LogP contribution is 2.39. The average Bonchev–Trinajstić information content (AvgIpc) is 1.60. The topological polar surface area (TPSA) is 325 Å². The van der Waals surface area contributed by atoms with E-state index in [-0.39, 0.29) is 137 Å². The van der Waals surface area contributed by atoms with Crippen LogP contribution >= 0.6 is 0 Å². The van der Waals surface area contributed by atoms with Crippen molar-refractivity contribution in [1.82, 2.24) is 79.4 Å². The number of hydrogen-bond acceptors (Lipinski definition) is 17. The zero-order valence-electron chi connectivity index (χ0n) is 83.3. The standard InChI is InChI=1S/4C21H27N5.C2HF3O2/c4*22-12-3-4-14-26(15-20-24-17-9-1-2-10-18(17)25-20)19-11-5-7-16-8-6-13-23-21(16)19;3-2(4,5)1(6)7/h4*1-2,6,8-10,13,19H,3-5,7,11-12,14-15,22H2,(H,24,25);(H,6,7)/t4*19-;/m0000./s1/i4*1D,2D,9D,10D;/hD5. The van der Waals surface area contributed by atoms with Gasteiger partial charge in [-0.1, -0.05) is 72.6 Å². The van der Waals surface area contributed by atoms with Crippen LogP contribution in [-0.4, -0.2) is 144 Å². The number of nitrogens with zero attached hydrogens (tertiary/aromatic N) is 12. The molecule has 4 aliphatic carbocycles. The Balaban J connectivity index is 0.000000155. The van der Waals surface area contributed by atoms with E-state index in [2.05, 4.69) is 99.4 Å². The van der Waals surface area contributed by atoms with Crippen LogP contribution in [0.3, 0.4) is 0 Å². The third-order valence-corrected chi connectivity index (χ3v) is 20.3. The second kappa shape index (κ2) is 41.0. The van der Waals surface area contributed by atoms with Crippen LogP contribution in [0, 0.1) is 0 Å². The summed E-state index contributed by atoms with van der Waals surface area (Å²) in [6.07, 6.45) is 21.4. The van der Waals surface area contributed by atoms with Gasteiger partial charge in [0.1, 0.15) is 34.9 Å². The maximum absolute atomic E-state index is 10.5. The second-order valence-corrected chi connectivity index (χ2v) is 28.0. The second-order valence-electron chi connectivity index (χ2n) is 28.0. The first kappa shape index (κ1) is 57.4. The van der Waals surface area contributed by atoms with Crippen molar-refractivity contribution in [3.05, 3.63) is 238 Å². The van der Waals surface area contributed by atoms with Crippen molar-refractivity contribution in [2.75, 3.05) is 52.4 Å². The molecule has 4 aromatic carbocycles. The summed E-state index contributed by atoms with van der Waals surface area (Å²) in [5, 5.41) is 8.78. The number of carboxylic acid groups (broad SMARTS) is 1. The van der Waals surface area contributed by atoms with Gasteiger partial charge < -0.3 is 52.7 Å². The molecule has 586 valence electrons. The lowest BCUT2D eigenvalue weighted by Crippen LogP contribution is -2.50. The summed E-state index contributed by atoms with van der Waals surface area (Å²) in [6, 6.07) is 13.6. The normalized spacial score (nSPS) is 19.3. The van der Waals surface area contributed by atoms with Crippen LogP contribution in [0.1, 0.15) is 217 Å². The minimum absolute atomic E-state index is 0.0299. The number of carboxylic acids is 1. The fourth-order valence-corrected chi connectivity index (χ4v) is 15.1. The van der Waals surface area contributed by atoms with Gasteiger partial charge in [0.25, 0.3) is 0 Å². The summed E-state index contributed by atoms with van der Waals surface area (Å²) in [4.78, 5) is 65.2. The number of quaternary nitrogens is 1. The molecule has 0 saturated heterocycles. The van der Waals surface area contributed by atoms with Crippen LogP contribution in [0.25, 0.3) is 44.1 Å². The molecule has 0 amide bonds. The molecule has 22 nitrogen and oxygen atoms in total. The Morgan fingerprint density at radius 2 is 0.748 bits per heavy atom. The van der Waals surface area contributed by atoms with Crippen molar-refractivity contribution in [3.63, 3.8) is 0 Å². The Bertz CT molecular complexity index is 5690. The Labute approximate surface area is 678 Å². The number of para-hydroxylation sites is 8. The number of halogens is 3. The number of carbonyl (C=O) groups excluding carboxylic acids is 1. The number of nitrogens with two attached hydrogens (primary N) is 3. The Hall–Kier alpha value is -9.70. The van der Waals surface area contributed by atoms with E-state index in [1.165, 1.54) is 22.3 Å². The number of rotatable bonds is 30. The fraction of sp³-hybridized carbons (Fsp3) is 0.430. The third-order valence-electron chi connectivity index (χ3n) is 20.3. The monoisotopic (exact) mass is 1530 g/mol. The van der Waals surface area contributed by atoms with Gasteiger partial charge >= 0.3 is 6.18 Å². The molecule has 0 unspecified atom stereocenters. The highest BCUT2D eigenvalue weighted by molar-refractivity contribution is 5.77. The molecule has 13 N–H and O–H groups in total. The van der Waals surface area contributed by atoms with Crippen molar-refractivity contribution in [2.24, 2.45) is 17.2 Å². The zero-order chi connectivity index (χ0) is 95.1. The highest BCUT2D eigenvalue weighted by atomic mass is 19.4. The number of unbranched alkanes of at least 4 members (excludes halogenated alkanes) is 4. The van der Waals surface area contributed by atoms with Gasteiger partial charge in [-0.15, -0.1) is 0 Å². The molecule has 12 aromatic rings. The number of aliphatic carboxylic acids is 1. The fourth-order valence-electron chi connectivity index (χ4n) is 15.1. The van der Waals surface area contributed by atoms with E-state index in [1.807, 2.05) is 42.9 Å². The lowest BCUT2D eigenvalue weighted by atomic mass is 9.90. The quantitative estimate of drug-likeness (QED) is 0.0194. The number of hydrogen-bond donors (Lipinski definition) is 8. The number of alkyl halides is 3. The van der Waals surface area contributed by atoms with Crippen molar-refractivity contribution < 1.29 is 57.8 Å². The average molecular weight is 1530 g/mol. The van der Waals surface area contributed by atoms with Crippen LogP contribution in [0.5, 0.6) is 0 Å². The summed E-state index contributed by atoms with van der Waals surface area (Å²) in [5.74, 6) is -0.754. The van der Waals surface area contributed by atoms with E-state index in [1.54, 1.807) is 6.20 Å². The van der Waals surface area contributed by atoms with E-state index < -0.39 is 12.1 Å². The molecule has 0 bridgehead atoms. The lowest BCUT2D eigenvalue weighted by Gasteiger charge is -2.34. The Kier molecular flexibility index (Phi) is 21.2. The summed E-state index contributed by atoms with van der Waals surface area (Å²) in [5.41, 5.74) is 22.5. The molecule has 0 aliphatic heterocycles. The molecule has 0 saturated carbocycles. The summed E-state index contributed by atoms with van der Waals surface area (Å²) in [7, 11) is 0. The Morgan fingerprint density at radius 3 is 1.06 bits per heavy atom. The maximum Gasteiger partial charge on any atom is 0.430 e. The van der Waals surface area contributed by atoms with Gasteiger partial charge in [-0.3, -0.25) is 39.5 Å². The first-order valence-corrected chi connectivity index (χ1v) is 38.4. The SMILES string of the molecule is O=C([O-])C(F)(F)F.[2H]c1c([2H])c([2H])c2[nH]c(CN(CCCCN([2H])[2H])[C@H]3CCCc4cccnc43)nc2c1[2H].[2H]c1c([2H])c([2H])c2[nH]c(CN(CCCCN)[C@H]3CCCc4cccnc43)nc2c1[2H].[2H]c1c([2H])c([2H])c2[nH]c(CN(CCCC[NH3+])[C@H]3CCCc4cccnc43)nc2c1[2H].[2H]c1c([2H])c([2H])c2c(nc(CN(CCCCN([2H])[2H])[C@H]3CCCc4cccnc43)n2[2H])c1[2H]. The molecule has 0 radical (unpaired) electrons. The number of carbonyl (C=O) groups is 1. The maximum atomic E-state index is 10.5. The number of pyridine rings is 4. The van der Waals surface area contributed by atoms with Crippen molar-refractivity contribution in [2.45, 2.75) is 185 Å². The van der Waals surface area contributed by atoms with Gasteiger partial charge in [0.05, 0.1) is 146 Å². The van der Waals surface area contributed by atoms with E-state index in [0.717, 1.165) is 176 Å². The van der Waals surface area contributed by atoms with Gasteiger partial charge in [0.2, 0.25) is 0 Å².